The molecule has 0 aliphatic carbocycles. The first-order valence-electron chi connectivity index (χ1n) is 7.65. The maximum Gasteiger partial charge on any atom is 0.255 e. The molecule has 0 aromatic heterocycles. The summed E-state index contributed by atoms with van der Waals surface area (Å²) in [6, 6.07) is 7.11. The van der Waals surface area contributed by atoms with E-state index in [1.165, 1.54) is 0 Å². The fraction of sp³-hybridized carbons (Fsp3) is 0.500. The van der Waals surface area contributed by atoms with Gasteiger partial charge in [0.15, 0.2) is 0 Å². The molecule has 0 saturated heterocycles. The maximum absolute atomic E-state index is 12.1. The van der Waals surface area contributed by atoms with Gasteiger partial charge < -0.3 is 21.1 Å². The van der Waals surface area contributed by atoms with Crippen LogP contribution in [0.15, 0.2) is 24.3 Å². The topological polar surface area (TPSA) is 93.4 Å². The lowest BCUT2D eigenvalue weighted by Gasteiger charge is -2.10. The molecule has 2 amide bonds. The van der Waals surface area contributed by atoms with Gasteiger partial charge in [0.1, 0.15) is 5.75 Å². The zero-order chi connectivity index (χ0) is 16.2. The highest BCUT2D eigenvalue weighted by Crippen LogP contribution is 2.17. The molecule has 1 aromatic carbocycles. The van der Waals surface area contributed by atoms with Crippen LogP contribution >= 0.6 is 0 Å². The molecule has 0 bridgehead atoms. The average Bonchev–Trinajstić information content (AvgIpc) is 2.52. The van der Waals surface area contributed by atoms with Crippen molar-refractivity contribution in [1.29, 1.82) is 0 Å². The molecule has 0 aliphatic heterocycles. The van der Waals surface area contributed by atoms with Crippen LogP contribution in [0, 0.1) is 0 Å². The lowest BCUT2D eigenvalue weighted by Crippen LogP contribution is -2.28. The maximum atomic E-state index is 12.1. The molecule has 4 N–H and O–H groups in total. The van der Waals surface area contributed by atoms with Gasteiger partial charge in [0.05, 0.1) is 12.2 Å². The van der Waals surface area contributed by atoms with E-state index in [1.54, 1.807) is 18.2 Å². The number of nitrogens with two attached hydrogens (primary N) is 1. The second-order valence-electron chi connectivity index (χ2n) is 4.78. The van der Waals surface area contributed by atoms with Crippen LogP contribution in [-0.2, 0) is 4.79 Å². The summed E-state index contributed by atoms with van der Waals surface area (Å²) in [4.78, 5) is 23.6. The number of nitrogens with one attached hydrogen (secondary N) is 2. The normalized spacial score (nSPS) is 10.1. The van der Waals surface area contributed by atoms with Gasteiger partial charge in [-0.2, -0.15) is 0 Å². The first-order valence-corrected chi connectivity index (χ1v) is 7.65. The highest BCUT2D eigenvalue weighted by molar-refractivity contribution is 5.96. The van der Waals surface area contributed by atoms with Gasteiger partial charge in [-0.15, -0.1) is 0 Å². The average molecular weight is 307 g/mol. The molecule has 1 rings (SSSR count). The lowest BCUT2D eigenvalue weighted by atomic mass is 10.2. The molecule has 6 heteroatoms. The zero-order valence-electron chi connectivity index (χ0n) is 13.1. The van der Waals surface area contributed by atoms with Crippen molar-refractivity contribution >= 4 is 11.8 Å². The third kappa shape index (κ3) is 6.58. The molecule has 0 heterocycles. The summed E-state index contributed by atoms with van der Waals surface area (Å²) >= 11 is 0. The number of amides is 2. The number of hydrogen-bond acceptors (Lipinski definition) is 4. The quantitative estimate of drug-likeness (QED) is 0.563. The summed E-state index contributed by atoms with van der Waals surface area (Å²) in [5, 5.41) is 5.58. The van der Waals surface area contributed by atoms with Crippen molar-refractivity contribution in [2.24, 2.45) is 5.73 Å². The molecule has 0 fully saturated rings. The highest BCUT2D eigenvalue weighted by atomic mass is 16.5. The SMILES string of the molecule is CCOc1ccccc1C(=O)NCCCC(=O)NCCCN. The third-order valence-corrected chi connectivity index (χ3v) is 3.00. The van der Waals surface area contributed by atoms with Crippen molar-refractivity contribution in [2.75, 3.05) is 26.2 Å². The standard InChI is InChI=1S/C16H25N3O3/c1-2-22-14-8-4-3-7-13(14)16(21)19-11-5-9-15(20)18-12-6-10-17/h3-4,7-8H,2,5-6,9-12,17H2,1H3,(H,18,20)(H,19,21). The van der Waals surface area contributed by atoms with E-state index in [1.807, 2.05) is 13.0 Å². The largest absolute Gasteiger partial charge is 0.493 e. The smallest absolute Gasteiger partial charge is 0.255 e. The van der Waals surface area contributed by atoms with Crippen LogP contribution in [-0.4, -0.2) is 38.1 Å². The first kappa shape index (κ1) is 18.0. The van der Waals surface area contributed by atoms with Crippen LogP contribution in [0.5, 0.6) is 5.75 Å². The van der Waals surface area contributed by atoms with Gasteiger partial charge in [0.2, 0.25) is 5.91 Å². The first-order chi connectivity index (χ1) is 10.7. The number of carbonyl (C=O) groups excluding carboxylic acids is 2. The van der Waals surface area contributed by atoms with Gasteiger partial charge >= 0.3 is 0 Å². The Bertz CT molecular complexity index is 477. The predicted octanol–water partition coefficient (Wildman–Crippen LogP) is 1.06. The molecular weight excluding hydrogens is 282 g/mol. The molecule has 0 saturated carbocycles. The Morgan fingerprint density at radius 1 is 1.14 bits per heavy atom. The number of benzene rings is 1. The Morgan fingerprint density at radius 3 is 2.59 bits per heavy atom. The Kier molecular flexibility index (Phi) is 8.67. The Balaban J connectivity index is 2.30. The van der Waals surface area contributed by atoms with Gasteiger partial charge in [-0.3, -0.25) is 9.59 Å². The summed E-state index contributed by atoms with van der Waals surface area (Å²) in [5.41, 5.74) is 5.86. The van der Waals surface area contributed by atoms with E-state index in [9.17, 15) is 9.59 Å². The lowest BCUT2D eigenvalue weighted by molar-refractivity contribution is -0.121. The monoisotopic (exact) mass is 307 g/mol. The summed E-state index contributed by atoms with van der Waals surface area (Å²) in [6.45, 7) is 3.99. The fourth-order valence-electron chi connectivity index (χ4n) is 1.90. The van der Waals surface area contributed by atoms with Crippen molar-refractivity contribution in [3.63, 3.8) is 0 Å². The summed E-state index contributed by atoms with van der Waals surface area (Å²) in [6.07, 6.45) is 1.76. The third-order valence-electron chi connectivity index (χ3n) is 3.00. The van der Waals surface area contributed by atoms with Crippen molar-refractivity contribution < 1.29 is 14.3 Å². The van der Waals surface area contributed by atoms with Crippen LogP contribution < -0.4 is 21.1 Å². The van der Waals surface area contributed by atoms with Crippen molar-refractivity contribution in [2.45, 2.75) is 26.2 Å². The minimum absolute atomic E-state index is 0.0163. The van der Waals surface area contributed by atoms with E-state index in [0.717, 1.165) is 6.42 Å². The van der Waals surface area contributed by atoms with E-state index in [2.05, 4.69) is 10.6 Å². The second-order valence-corrected chi connectivity index (χ2v) is 4.78. The van der Waals surface area contributed by atoms with Gasteiger partial charge in [-0.1, -0.05) is 12.1 Å². The van der Waals surface area contributed by atoms with Crippen molar-refractivity contribution in [3.05, 3.63) is 29.8 Å². The molecule has 0 unspecified atom stereocenters. The van der Waals surface area contributed by atoms with Gasteiger partial charge in [-0.25, -0.2) is 0 Å². The van der Waals surface area contributed by atoms with Crippen molar-refractivity contribution in [1.82, 2.24) is 10.6 Å². The predicted molar refractivity (Wildman–Crippen MR) is 85.9 cm³/mol. The van der Waals surface area contributed by atoms with Crippen LogP contribution in [0.1, 0.15) is 36.5 Å². The van der Waals surface area contributed by atoms with E-state index >= 15 is 0 Å². The molecule has 22 heavy (non-hydrogen) atoms. The van der Waals surface area contributed by atoms with Crippen LogP contribution in [0.25, 0.3) is 0 Å². The summed E-state index contributed by atoms with van der Waals surface area (Å²) in [7, 11) is 0. The minimum Gasteiger partial charge on any atom is -0.493 e. The molecule has 1 aromatic rings. The van der Waals surface area contributed by atoms with Crippen molar-refractivity contribution in [3.8, 4) is 5.75 Å². The van der Waals surface area contributed by atoms with Gasteiger partial charge in [0, 0.05) is 19.5 Å². The Morgan fingerprint density at radius 2 is 1.86 bits per heavy atom. The number of hydrogen-bond donors (Lipinski definition) is 3. The highest BCUT2D eigenvalue weighted by Gasteiger charge is 2.11. The number of carbonyl (C=O) groups is 2. The molecule has 0 aliphatic rings. The summed E-state index contributed by atoms with van der Waals surface area (Å²) in [5.74, 6) is 0.368. The van der Waals surface area contributed by atoms with Gasteiger partial charge in [0.25, 0.3) is 5.91 Å². The molecule has 0 radical (unpaired) electrons. The second kappa shape index (κ2) is 10.6. The number of para-hydroxylation sites is 1. The Hall–Kier alpha value is -2.08. The molecule has 6 nitrogen and oxygen atoms in total. The zero-order valence-corrected chi connectivity index (χ0v) is 13.1. The molecule has 0 spiro atoms. The van der Waals surface area contributed by atoms with E-state index < -0.39 is 0 Å². The van der Waals surface area contributed by atoms with E-state index in [0.29, 0.717) is 50.4 Å². The minimum atomic E-state index is -0.187. The molecule has 0 atom stereocenters. The number of rotatable bonds is 10. The number of ether oxygens (including phenoxy) is 1. The Labute approximate surface area is 131 Å². The van der Waals surface area contributed by atoms with Crippen LogP contribution in [0.4, 0.5) is 0 Å². The van der Waals surface area contributed by atoms with E-state index in [4.69, 9.17) is 10.5 Å². The fourth-order valence-corrected chi connectivity index (χ4v) is 1.90. The molecular formula is C16H25N3O3. The van der Waals surface area contributed by atoms with Crippen LogP contribution in [0.3, 0.4) is 0 Å². The molecule has 122 valence electrons. The summed E-state index contributed by atoms with van der Waals surface area (Å²) < 4.78 is 5.42. The van der Waals surface area contributed by atoms with Crippen LogP contribution in [0.2, 0.25) is 0 Å². The van der Waals surface area contributed by atoms with Gasteiger partial charge in [-0.05, 0) is 38.4 Å². The van der Waals surface area contributed by atoms with E-state index in [-0.39, 0.29) is 11.8 Å².